The number of amides is 2. The van der Waals surface area contributed by atoms with E-state index in [1.54, 1.807) is 48.5 Å². The van der Waals surface area contributed by atoms with Crippen molar-refractivity contribution in [3.05, 3.63) is 66.2 Å². The van der Waals surface area contributed by atoms with Crippen LogP contribution in [-0.2, 0) is 9.53 Å². The van der Waals surface area contributed by atoms with Crippen molar-refractivity contribution in [1.29, 1.82) is 0 Å². The molecule has 0 saturated carbocycles. The number of ether oxygens (including phenoxy) is 1. The molecule has 2 aromatic rings. The van der Waals surface area contributed by atoms with Gasteiger partial charge in [0.25, 0.3) is 11.8 Å². The summed E-state index contributed by atoms with van der Waals surface area (Å²) in [6.45, 7) is 0. The minimum Gasteiger partial charge on any atom is -0.353 e. The Morgan fingerprint density at radius 2 is 1.52 bits per heavy atom. The molecule has 1 atom stereocenters. The Hall–Kier alpha value is -2.66. The van der Waals surface area contributed by atoms with Crippen LogP contribution in [0.1, 0.15) is 10.4 Å². The van der Waals surface area contributed by atoms with Crippen molar-refractivity contribution in [1.82, 2.24) is 5.32 Å². The van der Waals surface area contributed by atoms with Gasteiger partial charge in [-0.1, -0.05) is 36.4 Å². The standard InChI is InChI=1S/C16H16N2O3/c1-21-16(15(20)17-13-10-6-3-7-11-13)18-14(19)12-8-4-2-5-9-12/h2-11,16H,1H3,(H,17,20)(H,18,19). The van der Waals surface area contributed by atoms with Crippen LogP contribution in [0.25, 0.3) is 0 Å². The minimum atomic E-state index is -1.06. The van der Waals surface area contributed by atoms with E-state index in [1.165, 1.54) is 7.11 Å². The van der Waals surface area contributed by atoms with Gasteiger partial charge in [-0.2, -0.15) is 0 Å². The van der Waals surface area contributed by atoms with E-state index in [0.717, 1.165) is 0 Å². The molecule has 21 heavy (non-hydrogen) atoms. The molecule has 0 aliphatic rings. The Labute approximate surface area is 122 Å². The van der Waals surface area contributed by atoms with E-state index in [4.69, 9.17) is 4.74 Å². The lowest BCUT2D eigenvalue weighted by Gasteiger charge is -2.16. The van der Waals surface area contributed by atoms with Crippen molar-refractivity contribution in [2.24, 2.45) is 0 Å². The fraction of sp³-hybridized carbons (Fsp3) is 0.125. The molecule has 0 aliphatic carbocycles. The highest BCUT2D eigenvalue weighted by Gasteiger charge is 2.20. The van der Waals surface area contributed by atoms with E-state index in [0.29, 0.717) is 11.3 Å². The SMILES string of the molecule is COC(NC(=O)c1ccccc1)C(=O)Nc1ccccc1. The second-order valence-electron chi connectivity index (χ2n) is 4.31. The molecule has 2 N–H and O–H groups in total. The van der Waals surface area contributed by atoms with Gasteiger partial charge in [0, 0.05) is 18.4 Å². The summed E-state index contributed by atoms with van der Waals surface area (Å²) in [6.07, 6.45) is -1.06. The van der Waals surface area contributed by atoms with E-state index in [2.05, 4.69) is 10.6 Å². The van der Waals surface area contributed by atoms with Crippen LogP contribution >= 0.6 is 0 Å². The van der Waals surface area contributed by atoms with Crippen LogP contribution < -0.4 is 10.6 Å². The molecule has 108 valence electrons. The molecule has 0 fully saturated rings. The Kier molecular flexibility index (Phi) is 5.06. The molecule has 1 unspecified atom stereocenters. The highest BCUT2D eigenvalue weighted by molar-refractivity contribution is 6.00. The van der Waals surface area contributed by atoms with E-state index >= 15 is 0 Å². The van der Waals surface area contributed by atoms with Crippen molar-refractivity contribution in [3.8, 4) is 0 Å². The van der Waals surface area contributed by atoms with Crippen molar-refractivity contribution in [2.45, 2.75) is 6.23 Å². The second-order valence-corrected chi connectivity index (χ2v) is 4.31. The van der Waals surface area contributed by atoms with Crippen LogP contribution in [0.4, 0.5) is 5.69 Å². The zero-order valence-corrected chi connectivity index (χ0v) is 11.6. The zero-order chi connectivity index (χ0) is 15.1. The van der Waals surface area contributed by atoms with Crippen LogP contribution in [-0.4, -0.2) is 25.2 Å². The third-order valence-corrected chi connectivity index (χ3v) is 2.81. The van der Waals surface area contributed by atoms with Crippen molar-refractivity contribution < 1.29 is 14.3 Å². The van der Waals surface area contributed by atoms with Gasteiger partial charge in [-0.25, -0.2) is 0 Å². The summed E-state index contributed by atoms with van der Waals surface area (Å²) >= 11 is 0. The number of methoxy groups -OCH3 is 1. The number of hydrogen-bond donors (Lipinski definition) is 2. The van der Waals surface area contributed by atoms with Crippen molar-refractivity contribution >= 4 is 17.5 Å². The average molecular weight is 284 g/mol. The summed E-state index contributed by atoms with van der Waals surface area (Å²) < 4.78 is 5.03. The maximum Gasteiger partial charge on any atom is 0.274 e. The van der Waals surface area contributed by atoms with E-state index in [9.17, 15) is 9.59 Å². The predicted octanol–water partition coefficient (Wildman–Crippen LogP) is 2.03. The number of hydrogen-bond acceptors (Lipinski definition) is 3. The first-order valence-electron chi connectivity index (χ1n) is 6.45. The molecule has 0 aliphatic heterocycles. The Morgan fingerprint density at radius 1 is 0.952 bits per heavy atom. The molecular formula is C16H16N2O3. The number of carbonyl (C=O) groups excluding carboxylic acids is 2. The summed E-state index contributed by atoms with van der Waals surface area (Å²) in [5, 5.41) is 5.20. The van der Waals surface area contributed by atoms with E-state index in [1.807, 2.05) is 12.1 Å². The predicted molar refractivity (Wildman–Crippen MR) is 79.8 cm³/mol. The van der Waals surface area contributed by atoms with Gasteiger partial charge < -0.3 is 15.4 Å². The molecule has 0 aromatic heterocycles. The lowest BCUT2D eigenvalue weighted by Crippen LogP contribution is -2.45. The third kappa shape index (κ3) is 4.15. The van der Waals surface area contributed by atoms with Crippen molar-refractivity contribution in [2.75, 3.05) is 12.4 Å². The van der Waals surface area contributed by atoms with Crippen LogP contribution in [0.2, 0.25) is 0 Å². The second kappa shape index (κ2) is 7.21. The molecule has 0 radical (unpaired) electrons. The summed E-state index contributed by atoms with van der Waals surface area (Å²) in [5.41, 5.74) is 1.10. The maximum absolute atomic E-state index is 12.1. The molecule has 2 rings (SSSR count). The summed E-state index contributed by atoms with van der Waals surface area (Å²) in [7, 11) is 1.36. The lowest BCUT2D eigenvalue weighted by molar-refractivity contribution is -0.126. The van der Waals surface area contributed by atoms with E-state index in [-0.39, 0.29) is 5.91 Å². The fourth-order valence-corrected chi connectivity index (χ4v) is 1.75. The molecule has 0 bridgehead atoms. The van der Waals surface area contributed by atoms with Crippen LogP contribution in [0, 0.1) is 0 Å². The summed E-state index contributed by atoms with van der Waals surface area (Å²) in [4.78, 5) is 24.1. The molecule has 0 heterocycles. The number of nitrogens with one attached hydrogen (secondary N) is 2. The molecule has 5 heteroatoms. The molecular weight excluding hydrogens is 268 g/mol. The zero-order valence-electron chi connectivity index (χ0n) is 11.6. The normalized spacial score (nSPS) is 11.5. The Morgan fingerprint density at radius 3 is 2.10 bits per heavy atom. The molecule has 2 amide bonds. The first kappa shape index (κ1) is 14.7. The van der Waals surface area contributed by atoms with Gasteiger partial charge in [0.15, 0.2) is 0 Å². The van der Waals surface area contributed by atoms with Gasteiger partial charge in [0.2, 0.25) is 6.23 Å². The minimum absolute atomic E-state index is 0.370. The van der Waals surface area contributed by atoms with Gasteiger partial charge >= 0.3 is 0 Å². The van der Waals surface area contributed by atoms with Gasteiger partial charge in [-0.05, 0) is 24.3 Å². The first-order valence-corrected chi connectivity index (χ1v) is 6.45. The Balaban J connectivity index is 1.99. The number of carbonyl (C=O) groups is 2. The molecule has 0 spiro atoms. The smallest absolute Gasteiger partial charge is 0.274 e. The molecule has 5 nitrogen and oxygen atoms in total. The first-order chi connectivity index (χ1) is 10.2. The van der Waals surface area contributed by atoms with Crippen LogP contribution in [0.5, 0.6) is 0 Å². The quantitative estimate of drug-likeness (QED) is 0.825. The number of rotatable bonds is 5. The lowest BCUT2D eigenvalue weighted by atomic mass is 10.2. The maximum atomic E-state index is 12.1. The van der Waals surface area contributed by atoms with Gasteiger partial charge in [-0.3, -0.25) is 9.59 Å². The van der Waals surface area contributed by atoms with Gasteiger partial charge in [-0.15, -0.1) is 0 Å². The largest absolute Gasteiger partial charge is 0.353 e. The van der Waals surface area contributed by atoms with Gasteiger partial charge in [0.1, 0.15) is 0 Å². The summed E-state index contributed by atoms with van der Waals surface area (Å²) in [5.74, 6) is -0.807. The molecule has 0 saturated heterocycles. The Bertz CT molecular complexity index is 599. The number of para-hydroxylation sites is 1. The topological polar surface area (TPSA) is 67.4 Å². The van der Waals surface area contributed by atoms with E-state index < -0.39 is 12.1 Å². The fourth-order valence-electron chi connectivity index (χ4n) is 1.75. The van der Waals surface area contributed by atoms with Gasteiger partial charge in [0.05, 0.1) is 0 Å². The molecule has 2 aromatic carbocycles. The van der Waals surface area contributed by atoms with Crippen LogP contribution in [0.15, 0.2) is 60.7 Å². The third-order valence-electron chi connectivity index (χ3n) is 2.81. The average Bonchev–Trinajstić information content (AvgIpc) is 2.54. The number of anilines is 1. The van der Waals surface area contributed by atoms with Crippen molar-refractivity contribution in [3.63, 3.8) is 0 Å². The van der Waals surface area contributed by atoms with Crippen LogP contribution in [0.3, 0.4) is 0 Å². The summed E-state index contributed by atoms with van der Waals surface area (Å²) in [6, 6.07) is 17.6. The highest BCUT2D eigenvalue weighted by atomic mass is 16.5. The highest BCUT2D eigenvalue weighted by Crippen LogP contribution is 2.06. The number of benzene rings is 2. The monoisotopic (exact) mass is 284 g/mol.